The quantitative estimate of drug-likeness (QED) is 0.198. The predicted molar refractivity (Wildman–Crippen MR) is 161 cm³/mol. The van der Waals surface area contributed by atoms with Gasteiger partial charge < -0.3 is 34.9 Å². The lowest BCUT2D eigenvalue weighted by Gasteiger charge is -2.31. The van der Waals surface area contributed by atoms with Crippen LogP contribution in [0.2, 0.25) is 15.1 Å². The number of carboxylic acid groups (broad SMARTS) is 1. The van der Waals surface area contributed by atoms with Crippen molar-refractivity contribution in [2.45, 2.75) is 50.0 Å². The Morgan fingerprint density at radius 3 is 2.04 bits per heavy atom. The number of rotatable bonds is 18. The second-order valence-corrected chi connectivity index (χ2v) is 12.3. The van der Waals surface area contributed by atoms with Crippen LogP contribution in [0.15, 0.2) is 47.4 Å². The van der Waals surface area contributed by atoms with Crippen LogP contribution in [0.1, 0.15) is 19.4 Å². The summed E-state index contributed by atoms with van der Waals surface area (Å²) in [5, 5.41) is 15.8. The summed E-state index contributed by atoms with van der Waals surface area (Å²) in [5.74, 6) is -2.14. The number of nitrogens with one attached hydrogen (secondary N) is 3. The molecule has 2 aromatic carbocycles. The molecule has 0 spiro atoms. The molecule has 2 rings (SSSR count). The molecule has 3 amide bonds. The highest BCUT2D eigenvalue weighted by atomic mass is 35.5. The normalized spacial score (nSPS) is 13.0. The number of benzene rings is 2. The van der Waals surface area contributed by atoms with Crippen molar-refractivity contribution in [2.24, 2.45) is 0 Å². The summed E-state index contributed by atoms with van der Waals surface area (Å²) in [6.45, 7) is 1.30. The van der Waals surface area contributed by atoms with E-state index in [9.17, 15) is 36.7 Å². The summed E-state index contributed by atoms with van der Waals surface area (Å²) in [5.41, 5.74) is 0.462. The first-order chi connectivity index (χ1) is 21.2. The molecule has 250 valence electrons. The SMILES string of the molecule is CCOC(CN(CC(F)F)C(=O)C(Cc1ccc(Cl)cc1)NC(=O)C(CNS(=O)(=O)c1ccc(Cl)cc1Cl)NC(=O)[O-])OCC. The molecule has 2 atom stereocenters. The molecule has 0 radical (unpaired) electrons. The fourth-order valence-corrected chi connectivity index (χ4v) is 5.93. The van der Waals surface area contributed by atoms with Gasteiger partial charge in [-0.1, -0.05) is 46.9 Å². The highest BCUT2D eigenvalue weighted by molar-refractivity contribution is 7.89. The molecule has 0 fully saturated rings. The second-order valence-electron chi connectivity index (χ2n) is 9.28. The summed E-state index contributed by atoms with van der Waals surface area (Å²) in [4.78, 5) is 38.8. The zero-order valence-electron chi connectivity index (χ0n) is 24.1. The molecule has 0 aliphatic heterocycles. The fourth-order valence-electron chi connectivity index (χ4n) is 3.99. The highest BCUT2D eigenvalue weighted by Crippen LogP contribution is 2.24. The van der Waals surface area contributed by atoms with Gasteiger partial charge in [-0.05, 0) is 49.7 Å². The van der Waals surface area contributed by atoms with Crippen LogP contribution in [-0.4, -0.2) is 88.9 Å². The molecule has 2 unspecified atom stereocenters. The van der Waals surface area contributed by atoms with Crippen molar-refractivity contribution in [1.82, 2.24) is 20.3 Å². The van der Waals surface area contributed by atoms with Gasteiger partial charge in [0.05, 0.1) is 18.1 Å². The van der Waals surface area contributed by atoms with Crippen molar-refractivity contribution in [3.8, 4) is 0 Å². The average molecular weight is 717 g/mol. The van der Waals surface area contributed by atoms with Gasteiger partial charge in [0.1, 0.15) is 23.1 Å². The predicted octanol–water partition coefficient (Wildman–Crippen LogP) is 2.45. The van der Waals surface area contributed by atoms with Crippen molar-refractivity contribution < 1.29 is 46.2 Å². The van der Waals surface area contributed by atoms with Crippen LogP contribution >= 0.6 is 34.8 Å². The fraction of sp³-hybridized carbons (Fsp3) is 0.444. The van der Waals surface area contributed by atoms with E-state index in [4.69, 9.17) is 44.3 Å². The molecule has 0 aromatic heterocycles. The number of alkyl halides is 2. The molecule has 0 aliphatic rings. The zero-order chi connectivity index (χ0) is 33.7. The van der Waals surface area contributed by atoms with Crippen molar-refractivity contribution in [3.05, 3.63) is 63.1 Å². The molecule has 3 N–H and O–H groups in total. The number of ether oxygens (including phenoxy) is 2. The van der Waals surface area contributed by atoms with E-state index in [0.717, 1.165) is 11.0 Å². The van der Waals surface area contributed by atoms with Crippen LogP contribution < -0.4 is 20.5 Å². The molecule has 0 heterocycles. The minimum Gasteiger partial charge on any atom is -0.530 e. The number of hydrogen-bond donors (Lipinski definition) is 3. The Kier molecular flexibility index (Phi) is 15.7. The molecule has 12 nitrogen and oxygen atoms in total. The van der Waals surface area contributed by atoms with E-state index in [2.05, 4.69) is 10.0 Å². The van der Waals surface area contributed by atoms with Crippen LogP contribution in [0.5, 0.6) is 0 Å². The molecular weight excluding hydrogens is 685 g/mol. The largest absolute Gasteiger partial charge is 0.530 e. The summed E-state index contributed by atoms with van der Waals surface area (Å²) in [7, 11) is -4.39. The second kappa shape index (κ2) is 18.4. The Labute approximate surface area is 274 Å². The van der Waals surface area contributed by atoms with Crippen molar-refractivity contribution >= 4 is 62.7 Å². The smallest absolute Gasteiger partial charge is 0.255 e. The van der Waals surface area contributed by atoms with E-state index in [1.54, 1.807) is 19.2 Å². The third-order valence-corrected chi connectivity index (χ3v) is 8.38. The van der Waals surface area contributed by atoms with Gasteiger partial charge >= 0.3 is 0 Å². The number of halogens is 5. The average Bonchev–Trinajstić information content (AvgIpc) is 2.95. The monoisotopic (exact) mass is 715 g/mol. The standard InChI is InChI=1S/C27H33Cl3F2N4O8S/c1-3-43-24(44-4-2)15-36(14-23(31)32)26(38)20(11-16-5-7-17(28)8-6-16)34-25(37)21(35-27(39)40)13-33-45(41,42)22-10-9-18(29)12-19(22)30/h5-10,12,20-21,23-24,33,35H,3-4,11,13-15H2,1-2H3,(H,34,37)(H,39,40)/p-1. The first-order valence-electron chi connectivity index (χ1n) is 13.4. The third-order valence-electron chi connectivity index (χ3n) is 5.98. The van der Waals surface area contributed by atoms with Gasteiger partial charge in [0.2, 0.25) is 21.8 Å². The van der Waals surface area contributed by atoms with Gasteiger partial charge in [0.25, 0.3) is 6.43 Å². The Hall–Kier alpha value is -2.79. The summed E-state index contributed by atoms with van der Waals surface area (Å²) < 4.78 is 65.8. The first kappa shape index (κ1) is 38.4. The Balaban J connectivity index is 2.39. The van der Waals surface area contributed by atoms with Gasteiger partial charge in [0.15, 0.2) is 6.29 Å². The van der Waals surface area contributed by atoms with Crippen LogP contribution in [0.4, 0.5) is 13.6 Å². The number of sulfonamides is 1. The lowest BCUT2D eigenvalue weighted by Crippen LogP contribution is -2.60. The van der Waals surface area contributed by atoms with E-state index in [0.29, 0.717) is 10.6 Å². The number of amides is 3. The number of hydrogen-bond acceptors (Lipinski definition) is 8. The van der Waals surface area contributed by atoms with E-state index in [-0.39, 0.29) is 29.7 Å². The van der Waals surface area contributed by atoms with Crippen LogP contribution in [-0.2, 0) is 35.5 Å². The van der Waals surface area contributed by atoms with Crippen LogP contribution in [0.25, 0.3) is 0 Å². The van der Waals surface area contributed by atoms with Crippen molar-refractivity contribution in [3.63, 3.8) is 0 Å². The molecule has 2 aromatic rings. The Bertz CT molecular complexity index is 1400. The minimum atomic E-state index is -4.39. The first-order valence-corrected chi connectivity index (χ1v) is 16.1. The maximum absolute atomic E-state index is 13.7. The molecule has 45 heavy (non-hydrogen) atoms. The molecule has 18 heteroatoms. The van der Waals surface area contributed by atoms with Crippen LogP contribution in [0, 0.1) is 0 Å². The minimum absolute atomic E-state index is 0.153. The summed E-state index contributed by atoms with van der Waals surface area (Å²) in [6.07, 6.45) is -6.20. The van der Waals surface area contributed by atoms with Crippen molar-refractivity contribution in [1.29, 1.82) is 0 Å². The Morgan fingerprint density at radius 1 is 0.911 bits per heavy atom. The van der Waals surface area contributed by atoms with E-state index in [1.165, 1.54) is 36.4 Å². The van der Waals surface area contributed by atoms with Gasteiger partial charge in [0, 0.05) is 36.2 Å². The topological polar surface area (TPSA) is 166 Å². The number of carbonyl (C=O) groups excluding carboxylic acids is 3. The molecule has 0 bridgehead atoms. The van der Waals surface area contributed by atoms with Gasteiger partial charge in [-0.3, -0.25) is 9.59 Å². The van der Waals surface area contributed by atoms with Crippen molar-refractivity contribution in [2.75, 3.05) is 32.8 Å². The number of nitrogens with zero attached hydrogens (tertiary/aromatic N) is 1. The number of carbonyl (C=O) groups is 3. The molecule has 0 saturated heterocycles. The lowest BCUT2D eigenvalue weighted by molar-refractivity contribution is -0.251. The summed E-state index contributed by atoms with van der Waals surface area (Å²) >= 11 is 17.7. The molecular formula is C27H32Cl3F2N4O8S-. The highest BCUT2D eigenvalue weighted by Gasteiger charge is 2.33. The zero-order valence-corrected chi connectivity index (χ0v) is 27.2. The molecule has 0 saturated carbocycles. The summed E-state index contributed by atoms with van der Waals surface area (Å²) in [6, 6.07) is 6.25. The van der Waals surface area contributed by atoms with E-state index >= 15 is 0 Å². The van der Waals surface area contributed by atoms with E-state index in [1.807, 2.05) is 0 Å². The third kappa shape index (κ3) is 12.9. The maximum Gasteiger partial charge on any atom is 0.255 e. The maximum atomic E-state index is 13.7. The van der Waals surface area contributed by atoms with Gasteiger partial charge in [-0.2, -0.15) is 0 Å². The van der Waals surface area contributed by atoms with Gasteiger partial charge in [-0.15, -0.1) is 0 Å². The molecule has 0 aliphatic carbocycles. The lowest BCUT2D eigenvalue weighted by atomic mass is 10.0. The van der Waals surface area contributed by atoms with Crippen LogP contribution in [0.3, 0.4) is 0 Å². The Morgan fingerprint density at radius 2 is 1.51 bits per heavy atom. The van der Waals surface area contributed by atoms with E-state index < -0.39 is 77.3 Å². The van der Waals surface area contributed by atoms with Gasteiger partial charge in [-0.25, -0.2) is 21.9 Å².